The van der Waals surface area contributed by atoms with E-state index in [9.17, 15) is 15.8 Å². The molecule has 0 saturated heterocycles. The van der Waals surface area contributed by atoms with Gasteiger partial charge >= 0.3 is 0 Å². The zero-order valence-electron chi connectivity index (χ0n) is 28.5. The van der Waals surface area contributed by atoms with E-state index < -0.39 is 5.60 Å². The first-order valence-corrected chi connectivity index (χ1v) is 15.8. The van der Waals surface area contributed by atoms with Crippen LogP contribution >= 0.6 is 0 Å². The molecule has 5 rings (SSSR count). The molecule has 0 bridgehead atoms. The largest absolute Gasteiger partial charge is 0.480 e. The van der Waals surface area contributed by atoms with E-state index in [0.717, 1.165) is 28.2 Å². The van der Waals surface area contributed by atoms with Crippen LogP contribution in [0.5, 0.6) is 0 Å². The second kappa shape index (κ2) is 14.6. The van der Waals surface area contributed by atoms with Gasteiger partial charge in [0.25, 0.3) is 0 Å². The lowest BCUT2D eigenvalue weighted by Crippen LogP contribution is -2.20. The molecular weight excluding hydrogens is 606 g/mol. The Morgan fingerprint density at radius 1 is 0.653 bits per heavy atom. The van der Waals surface area contributed by atoms with E-state index in [1.54, 1.807) is 19.9 Å². The molecule has 0 spiro atoms. The Labute approximate surface area is 288 Å². The molecule has 0 amide bonds. The number of hydrogen-bond acceptors (Lipinski definition) is 8. The zero-order chi connectivity index (χ0) is 35.1. The Balaban J connectivity index is 1.34. The third-order valence-corrected chi connectivity index (χ3v) is 8.39. The monoisotopic (exact) mass is 643 g/mol. The van der Waals surface area contributed by atoms with Crippen molar-refractivity contribution in [1.29, 1.82) is 15.8 Å². The number of nitriles is 3. The summed E-state index contributed by atoms with van der Waals surface area (Å²) in [5.74, 6) is 0.0801. The second-order valence-electron chi connectivity index (χ2n) is 12.6. The van der Waals surface area contributed by atoms with E-state index in [1.807, 2.05) is 82.8 Å². The molecule has 1 aliphatic heterocycles. The van der Waals surface area contributed by atoms with Crippen molar-refractivity contribution < 1.29 is 4.74 Å². The molecule has 0 saturated carbocycles. The summed E-state index contributed by atoms with van der Waals surface area (Å²) in [6, 6.07) is 38.9. The summed E-state index contributed by atoms with van der Waals surface area (Å²) in [5.41, 5.74) is 7.90. The molecule has 0 unspecified atom stereocenters. The quantitative estimate of drug-likeness (QED) is 0.102. The third kappa shape index (κ3) is 7.60. The molecule has 0 aliphatic carbocycles. The Hall–Kier alpha value is -6.43. The molecule has 1 heterocycles. The summed E-state index contributed by atoms with van der Waals surface area (Å²) in [4.78, 5) is 4.20. The van der Waals surface area contributed by atoms with Crippen molar-refractivity contribution in [3.63, 3.8) is 0 Å². The highest BCUT2D eigenvalue weighted by atomic mass is 16.5. The van der Waals surface area contributed by atoms with Crippen LogP contribution in [0.15, 0.2) is 136 Å². The maximum Gasteiger partial charge on any atom is 0.172 e. The molecule has 242 valence electrons. The Morgan fingerprint density at radius 3 is 1.49 bits per heavy atom. The maximum absolute atomic E-state index is 9.76. The number of azo groups is 1. The predicted molar refractivity (Wildman–Crippen MR) is 195 cm³/mol. The summed E-state index contributed by atoms with van der Waals surface area (Å²) in [5, 5.41) is 37.3. The van der Waals surface area contributed by atoms with Gasteiger partial charge in [0.1, 0.15) is 29.4 Å². The van der Waals surface area contributed by atoms with E-state index in [0.29, 0.717) is 11.3 Å². The van der Waals surface area contributed by atoms with Gasteiger partial charge in [-0.15, -0.1) is 0 Å². The average molecular weight is 644 g/mol. The van der Waals surface area contributed by atoms with E-state index in [4.69, 9.17) is 4.74 Å². The van der Waals surface area contributed by atoms with Gasteiger partial charge in [0.15, 0.2) is 11.3 Å². The SMILES string of the molecule is CN(C)c1ccc(C(c2ccc(N=Nc3ccc(/C=C/C4=C(C#N)C(=C(C#N)C#N)OC4(C)C)cc3)cc2)c2ccc(N(C)C)cc2)cc1. The van der Waals surface area contributed by atoms with Crippen molar-refractivity contribution in [1.82, 2.24) is 0 Å². The number of benzene rings is 4. The van der Waals surface area contributed by atoms with Crippen molar-refractivity contribution in [2.24, 2.45) is 10.2 Å². The highest BCUT2D eigenvalue weighted by Crippen LogP contribution is 2.40. The number of allylic oxidation sites excluding steroid dienone is 2. The highest BCUT2D eigenvalue weighted by molar-refractivity contribution is 5.65. The van der Waals surface area contributed by atoms with Gasteiger partial charge in [-0.25, -0.2) is 0 Å². The molecule has 8 nitrogen and oxygen atoms in total. The zero-order valence-corrected chi connectivity index (χ0v) is 28.5. The van der Waals surface area contributed by atoms with Gasteiger partial charge in [-0.05, 0) is 84.6 Å². The third-order valence-electron chi connectivity index (χ3n) is 8.39. The van der Waals surface area contributed by atoms with Crippen LogP contribution in [0.1, 0.15) is 42.0 Å². The molecule has 1 aliphatic rings. The van der Waals surface area contributed by atoms with Crippen LogP contribution in [0.3, 0.4) is 0 Å². The molecule has 0 N–H and O–H groups in total. The van der Waals surface area contributed by atoms with Crippen LogP contribution in [0.4, 0.5) is 22.7 Å². The topological polar surface area (TPSA) is 112 Å². The number of nitrogens with zero attached hydrogens (tertiary/aromatic N) is 7. The minimum Gasteiger partial charge on any atom is -0.480 e. The van der Waals surface area contributed by atoms with Crippen LogP contribution in [-0.2, 0) is 4.74 Å². The normalized spacial score (nSPS) is 13.7. The van der Waals surface area contributed by atoms with Crippen molar-refractivity contribution in [2.45, 2.75) is 25.4 Å². The standard InChI is InChI=1S/C41H37N7O/c1-41(2)38(37(27-44)40(49-41)32(25-42)26-43)24-9-28-7-16-33(17-8-28)45-46-34-18-10-29(11-19-34)39(30-12-20-35(21-13-30)47(3)4)31-14-22-36(23-15-31)48(5)6/h7-24,39H,1-6H3/b24-9+,46-45?. The second-order valence-corrected chi connectivity index (χ2v) is 12.6. The summed E-state index contributed by atoms with van der Waals surface area (Å²) in [6.07, 6.45) is 3.65. The number of ether oxygens (including phenoxy) is 1. The Bertz CT molecular complexity index is 2000. The van der Waals surface area contributed by atoms with Gasteiger partial charge < -0.3 is 14.5 Å². The molecule has 0 atom stereocenters. The predicted octanol–water partition coefficient (Wildman–Crippen LogP) is 9.36. The molecular formula is C41H37N7O. The molecule has 4 aromatic carbocycles. The fraction of sp³-hybridized carbons (Fsp3) is 0.195. The lowest BCUT2D eigenvalue weighted by Gasteiger charge is -2.21. The minimum absolute atomic E-state index is 0.0220. The fourth-order valence-corrected chi connectivity index (χ4v) is 5.67. The van der Waals surface area contributed by atoms with Gasteiger partial charge in [-0.1, -0.05) is 60.7 Å². The lowest BCUT2D eigenvalue weighted by molar-refractivity contribution is 0.0954. The molecule has 4 aromatic rings. The van der Waals surface area contributed by atoms with E-state index in [1.165, 1.54) is 11.1 Å². The smallest absolute Gasteiger partial charge is 0.172 e. The van der Waals surface area contributed by atoms with Crippen molar-refractivity contribution in [3.8, 4) is 18.2 Å². The van der Waals surface area contributed by atoms with Crippen molar-refractivity contribution in [3.05, 3.63) is 148 Å². The van der Waals surface area contributed by atoms with Crippen molar-refractivity contribution >= 4 is 28.8 Å². The molecule has 8 heteroatoms. The van der Waals surface area contributed by atoms with Gasteiger partial charge in [0, 0.05) is 51.1 Å². The van der Waals surface area contributed by atoms with Crippen LogP contribution in [0, 0.1) is 34.0 Å². The first kappa shape index (κ1) is 33.9. The van der Waals surface area contributed by atoms with Crippen LogP contribution in [0.25, 0.3) is 6.08 Å². The number of anilines is 2. The van der Waals surface area contributed by atoms with Crippen LogP contribution in [0.2, 0.25) is 0 Å². The summed E-state index contributed by atoms with van der Waals surface area (Å²) >= 11 is 0. The van der Waals surface area contributed by atoms with Gasteiger partial charge in [-0.2, -0.15) is 26.0 Å². The van der Waals surface area contributed by atoms with E-state index in [2.05, 4.69) is 86.8 Å². The molecule has 0 radical (unpaired) electrons. The Kier molecular flexibility index (Phi) is 10.1. The van der Waals surface area contributed by atoms with Crippen LogP contribution < -0.4 is 9.80 Å². The maximum atomic E-state index is 9.76. The highest BCUT2D eigenvalue weighted by Gasteiger charge is 2.38. The molecule has 0 fully saturated rings. The summed E-state index contributed by atoms with van der Waals surface area (Å²) < 4.78 is 5.84. The minimum atomic E-state index is -0.868. The lowest BCUT2D eigenvalue weighted by atomic mass is 9.85. The van der Waals surface area contributed by atoms with Crippen LogP contribution in [-0.4, -0.2) is 33.8 Å². The van der Waals surface area contributed by atoms with E-state index in [-0.39, 0.29) is 22.8 Å². The summed E-state index contributed by atoms with van der Waals surface area (Å²) in [6.45, 7) is 3.59. The van der Waals surface area contributed by atoms with Gasteiger partial charge in [0.05, 0.1) is 11.4 Å². The van der Waals surface area contributed by atoms with Crippen molar-refractivity contribution in [2.75, 3.05) is 38.0 Å². The average Bonchev–Trinajstić information content (AvgIpc) is 3.37. The molecule has 49 heavy (non-hydrogen) atoms. The van der Waals surface area contributed by atoms with Gasteiger partial charge in [0.2, 0.25) is 0 Å². The fourth-order valence-electron chi connectivity index (χ4n) is 5.67. The number of rotatable bonds is 9. The summed E-state index contributed by atoms with van der Waals surface area (Å²) in [7, 11) is 8.18. The van der Waals surface area contributed by atoms with E-state index >= 15 is 0 Å². The molecule has 0 aromatic heterocycles. The first-order valence-electron chi connectivity index (χ1n) is 15.8. The number of hydrogen-bond donors (Lipinski definition) is 0. The Morgan fingerprint density at radius 2 is 1.08 bits per heavy atom. The van der Waals surface area contributed by atoms with Gasteiger partial charge in [-0.3, -0.25) is 0 Å². The first-order chi connectivity index (χ1) is 23.5.